The quantitative estimate of drug-likeness (QED) is 0.305. The molecule has 5 rings (SSSR count). The molecule has 0 spiro atoms. The molecular weight excluding hydrogens is 500 g/mol. The SMILES string of the molecule is CN/C(=N\S(=O)(=O)c1ccc(Cl)cc1)N1CC(c2ccccc2)C(c2ccc(-c3nn[nH]n3)cc2)=N1. The van der Waals surface area contributed by atoms with Crippen molar-refractivity contribution in [2.45, 2.75) is 10.8 Å². The summed E-state index contributed by atoms with van der Waals surface area (Å²) in [7, 11) is -2.38. The first-order valence-corrected chi connectivity index (χ1v) is 12.8. The lowest BCUT2D eigenvalue weighted by atomic mass is 9.90. The third-order valence-electron chi connectivity index (χ3n) is 5.69. The van der Waals surface area contributed by atoms with E-state index in [-0.39, 0.29) is 16.8 Å². The molecule has 0 saturated heterocycles. The van der Waals surface area contributed by atoms with Crippen molar-refractivity contribution < 1.29 is 8.42 Å². The van der Waals surface area contributed by atoms with E-state index in [1.165, 1.54) is 24.3 Å². The first-order valence-electron chi connectivity index (χ1n) is 11.0. The predicted molar refractivity (Wildman–Crippen MR) is 137 cm³/mol. The van der Waals surface area contributed by atoms with Crippen LogP contribution in [-0.2, 0) is 10.0 Å². The minimum atomic E-state index is -3.99. The number of nitrogens with zero attached hydrogens (tertiary/aromatic N) is 6. The van der Waals surface area contributed by atoms with Crippen molar-refractivity contribution in [2.24, 2.45) is 9.50 Å². The fraction of sp³-hybridized carbons (Fsp3) is 0.125. The summed E-state index contributed by atoms with van der Waals surface area (Å²) in [6.07, 6.45) is 0. The molecule has 0 aliphatic carbocycles. The zero-order chi connectivity index (χ0) is 25.1. The number of benzene rings is 3. The van der Waals surface area contributed by atoms with Crippen molar-refractivity contribution in [1.82, 2.24) is 30.9 Å². The smallest absolute Gasteiger partial charge is 0.285 e. The topological polar surface area (TPSA) is 129 Å². The van der Waals surface area contributed by atoms with Crippen molar-refractivity contribution in [3.8, 4) is 11.4 Å². The minimum Gasteiger partial charge on any atom is -0.357 e. The molecule has 182 valence electrons. The Morgan fingerprint density at radius 3 is 2.36 bits per heavy atom. The molecule has 1 aliphatic rings. The fourth-order valence-corrected chi connectivity index (χ4v) is 5.04. The number of sulfonamides is 1. The Morgan fingerprint density at radius 1 is 1.03 bits per heavy atom. The molecular formula is C24H21ClN8O2S. The Hall–Kier alpha value is -4.09. The van der Waals surface area contributed by atoms with E-state index in [4.69, 9.17) is 16.7 Å². The Morgan fingerprint density at radius 2 is 1.72 bits per heavy atom. The van der Waals surface area contributed by atoms with Gasteiger partial charge in [-0.25, -0.2) is 5.01 Å². The monoisotopic (exact) mass is 520 g/mol. The lowest BCUT2D eigenvalue weighted by Crippen LogP contribution is -2.36. The minimum absolute atomic E-state index is 0.0414. The lowest BCUT2D eigenvalue weighted by Gasteiger charge is -2.18. The molecule has 4 aromatic rings. The molecule has 1 unspecified atom stereocenters. The summed E-state index contributed by atoms with van der Waals surface area (Å²) in [5, 5.41) is 23.8. The molecule has 2 heterocycles. The highest BCUT2D eigenvalue weighted by Gasteiger charge is 2.32. The van der Waals surface area contributed by atoms with Gasteiger partial charge in [0.15, 0.2) is 0 Å². The van der Waals surface area contributed by atoms with E-state index in [9.17, 15) is 8.42 Å². The molecule has 0 fully saturated rings. The molecule has 12 heteroatoms. The number of hydrogen-bond donors (Lipinski definition) is 2. The maximum Gasteiger partial charge on any atom is 0.285 e. The normalized spacial score (nSPS) is 16.2. The van der Waals surface area contributed by atoms with E-state index in [2.05, 4.69) is 30.3 Å². The summed E-state index contributed by atoms with van der Waals surface area (Å²) < 4.78 is 30.0. The van der Waals surface area contributed by atoms with Crippen molar-refractivity contribution in [3.63, 3.8) is 0 Å². The van der Waals surface area contributed by atoms with E-state index in [0.29, 0.717) is 17.4 Å². The Bertz CT molecular complexity index is 1500. The zero-order valence-electron chi connectivity index (χ0n) is 19.1. The summed E-state index contributed by atoms with van der Waals surface area (Å²) >= 11 is 5.91. The molecule has 0 saturated carbocycles. The molecule has 3 aromatic carbocycles. The van der Waals surface area contributed by atoms with Gasteiger partial charge < -0.3 is 5.32 Å². The number of halogens is 1. The van der Waals surface area contributed by atoms with Crippen molar-refractivity contribution in [1.29, 1.82) is 0 Å². The Kier molecular flexibility index (Phi) is 6.49. The van der Waals surface area contributed by atoms with Crippen LogP contribution in [0.5, 0.6) is 0 Å². The van der Waals surface area contributed by atoms with Gasteiger partial charge in [-0.2, -0.15) is 18.7 Å². The van der Waals surface area contributed by atoms with Gasteiger partial charge in [0.05, 0.1) is 17.2 Å². The third kappa shape index (κ3) is 4.83. The average molecular weight is 521 g/mol. The highest BCUT2D eigenvalue weighted by Crippen LogP contribution is 2.30. The van der Waals surface area contributed by atoms with E-state index in [1.807, 2.05) is 54.6 Å². The van der Waals surface area contributed by atoms with Gasteiger partial charge >= 0.3 is 0 Å². The van der Waals surface area contributed by atoms with E-state index < -0.39 is 10.0 Å². The average Bonchev–Trinajstić information content (AvgIpc) is 3.59. The highest BCUT2D eigenvalue weighted by atomic mass is 35.5. The summed E-state index contributed by atoms with van der Waals surface area (Å²) in [5.41, 5.74) is 3.53. The zero-order valence-corrected chi connectivity index (χ0v) is 20.6. The van der Waals surface area contributed by atoms with Crippen LogP contribution in [0.2, 0.25) is 5.02 Å². The van der Waals surface area contributed by atoms with Crippen LogP contribution in [0.25, 0.3) is 11.4 Å². The van der Waals surface area contributed by atoms with Crippen LogP contribution in [-0.4, -0.2) is 59.3 Å². The molecule has 10 nitrogen and oxygen atoms in total. The highest BCUT2D eigenvalue weighted by molar-refractivity contribution is 7.90. The molecule has 36 heavy (non-hydrogen) atoms. The number of rotatable bonds is 5. The summed E-state index contributed by atoms with van der Waals surface area (Å²) in [4.78, 5) is 0.0414. The Balaban J connectivity index is 1.52. The summed E-state index contributed by atoms with van der Waals surface area (Å²) in [5.74, 6) is 0.497. The number of guanidine groups is 1. The first-order chi connectivity index (χ1) is 17.4. The molecule has 1 aliphatic heterocycles. The summed E-state index contributed by atoms with van der Waals surface area (Å²) in [6, 6.07) is 23.5. The number of aromatic nitrogens is 4. The van der Waals surface area contributed by atoms with Gasteiger partial charge in [-0.3, -0.25) is 0 Å². The van der Waals surface area contributed by atoms with Crippen molar-refractivity contribution in [2.75, 3.05) is 13.6 Å². The van der Waals surface area contributed by atoms with E-state index in [0.717, 1.165) is 22.4 Å². The number of H-pyrrole nitrogens is 1. The van der Waals surface area contributed by atoms with Gasteiger partial charge in [0.2, 0.25) is 11.8 Å². The van der Waals surface area contributed by atoms with Gasteiger partial charge in [-0.05, 0) is 40.6 Å². The molecule has 1 atom stereocenters. The van der Waals surface area contributed by atoms with Crippen molar-refractivity contribution >= 4 is 33.3 Å². The van der Waals surface area contributed by atoms with Gasteiger partial charge in [-0.15, -0.1) is 14.6 Å². The number of aromatic amines is 1. The second-order valence-electron chi connectivity index (χ2n) is 7.94. The largest absolute Gasteiger partial charge is 0.357 e. The van der Waals surface area contributed by atoms with E-state index >= 15 is 0 Å². The number of tetrazole rings is 1. The van der Waals surface area contributed by atoms with Gasteiger partial charge in [0.25, 0.3) is 10.0 Å². The number of hydrogen-bond acceptors (Lipinski definition) is 6. The molecule has 0 bridgehead atoms. The van der Waals surface area contributed by atoms with Crippen LogP contribution >= 0.6 is 11.6 Å². The van der Waals surface area contributed by atoms with Crippen LogP contribution in [0.3, 0.4) is 0 Å². The third-order valence-corrected chi connectivity index (χ3v) is 7.22. The number of hydrazone groups is 1. The maximum atomic E-state index is 13.0. The molecule has 1 aromatic heterocycles. The number of nitrogens with one attached hydrogen (secondary N) is 2. The fourth-order valence-electron chi connectivity index (χ4n) is 3.91. The Labute approximate surface area is 212 Å². The van der Waals surface area contributed by atoms with Crippen LogP contribution in [0.4, 0.5) is 0 Å². The first kappa shape index (κ1) is 23.6. The van der Waals surface area contributed by atoms with Crippen molar-refractivity contribution in [3.05, 3.63) is 95.0 Å². The van der Waals surface area contributed by atoms with Crippen LogP contribution in [0.15, 0.2) is 93.3 Å². The van der Waals surface area contributed by atoms with Gasteiger partial charge in [-0.1, -0.05) is 66.2 Å². The van der Waals surface area contributed by atoms with Crippen LogP contribution in [0.1, 0.15) is 17.0 Å². The lowest BCUT2D eigenvalue weighted by molar-refractivity contribution is 0.460. The second kappa shape index (κ2) is 9.88. The maximum absolute atomic E-state index is 13.0. The summed E-state index contributed by atoms with van der Waals surface area (Å²) in [6.45, 7) is 0.405. The van der Waals surface area contributed by atoms with Gasteiger partial charge in [0, 0.05) is 23.6 Å². The molecule has 2 N–H and O–H groups in total. The standard InChI is InChI=1S/C24H21ClN8O2S/c1-26-24(30-36(34,35)20-13-11-19(25)12-14-20)33-15-21(16-5-3-2-4-6-16)22(29-33)17-7-9-18(10-8-17)23-27-31-32-28-23/h2-14,21H,15H2,1H3,(H,26,30)(H,27,28,31,32). The molecule has 0 radical (unpaired) electrons. The predicted octanol–water partition coefficient (Wildman–Crippen LogP) is 3.29. The van der Waals surface area contributed by atoms with E-state index in [1.54, 1.807) is 12.1 Å². The van der Waals surface area contributed by atoms with Crippen LogP contribution in [0, 0.1) is 0 Å². The van der Waals surface area contributed by atoms with Gasteiger partial charge in [0.1, 0.15) is 0 Å². The molecule has 0 amide bonds. The van der Waals surface area contributed by atoms with Crippen LogP contribution < -0.4 is 5.32 Å². The second-order valence-corrected chi connectivity index (χ2v) is 9.98.